The van der Waals surface area contributed by atoms with Crippen molar-refractivity contribution in [2.75, 3.05) is 6.54 Å². The van der Waals surface area contributed by atoms with Crippen molar-refractivity contribution in [1.82, 2.24) is 20.1 Å². The van der Waals surface area contributed by atoms with Crippen molar-refractivity contribution >= 4 is 0 Å². The fourth-order valence-electron chi connectivity index (χ4n) is 4.12. The standard InChI is InChI=1S/C15H26N4/c1-3-8-19-14(17-10-18-19)9-13(16-4-2)15-11-6-5-7-12(11)15/h10-13,15-16H,3-9H2,1-2H3. The Labute approximate surface area is 116 Å². The summed E-state index contributed by atoms with van der Waals surface area (Å²) in [4.78, 5) is 4.47. The SMILES string of the molecule is CCCn1ncnc1CC(NCC)C1C2CCCC21. The summed E-state index contributed by atoms with van der Waals surface area (Å²) >= 11 is 0. The molecule has 0 radical (unpaired) electrons. The van der Waals surface area contributed by atoms with Gasteiger partial charge in [0.25, 0.3) is 0 Å². The second kappa shape index (κ2) is 5.61. The first-order valence-electron chi connectivity index (χ1n) is 7.95. The van der Waals surface area contributed by atoms with E-state index < -0.39 is 0 Å². The van der Waals surface area contributed by atoms with E-state index >= 15 is 0 Å². The minimum atomic E-state index is 0.611. The molecule has 4 heteroatoms. The first-order valence-corrected chi connectivity index (χ1v) is 7.95. The molecular weight excluding hydrogens is 236 g/mol. The van der Waals surface area contributed by atoms with Gasteiger partial charge in [-0.15, -0.1) is 0 Å². The highest BCUT2D eigenvalue weighted by Gasteiger charge is 2.55. The molecule has 2 fully saturated rings. The van der Waals surface area contributed by atoms with Gasteiger partial charge in [0, 0.05) is 19.0 Å². The van der Waals surface area contributed by atoms with Crippen LogP contribution in [0.25, 0.3) is 0 Å². The van der Waals surface area contributed by atoms with Gasteiger partial charge in [0.1, 0.15) is 12.2 Å². The van der Waals surface area contributed by atoms with Crippen LogP contribution in [0.3, 0.4) is 0 Å². The summed E-state index contributed by atoms with van der Waals surface area (Å²) in [6, 6.07) is 0.611. The molecule has 3 unspecified atom stereocenters. The maximum Gasteiger partial charge on any atom is 0.138 e. The Morgan fingerprint density at radius 2 is 2.16 bits per heavy atom. The van der Waals surface area contributed by atoms with Gasteiger partial charge in [-0.3, -0.25) is 4.68 Å². The van der Waals surface area contributed by atoms with E-state index in [0.29, 0.717) is 6.04 Å². The van der Waals surface area contributed by atoms with Crippen LogP contribution in [0.15, 0.2) is 6.33 Å². The molecule has 0 bridgehead atoms. The summed E-state index contributed by atoms with van der Waals surface area (Å²) in [5.74, 6) is 4.08. The minimum Gasteiger partial charge on any atom is -0.314 e. The molecular formula is C15H26N4. The highest BCUT2D eigenvalue weighted by molar-refractivity contribution is 5.08. The summed E-state index contributed by atoms with van der Waals surface area (Å²) < 4.78 is 2.09. The molecule has 1 aromatic heterocycles. The highest BCUT2D eigenvalue weighted by atomic mass is 15.3. The highest BCUT2D eigenvalue weighted by Crippen LogP contribution is 2.59. The molecule has 0 aromatic carbocycles. The molecule has 2 aliphatic carbocycles. The summed E-state index contributed by atoms with van der Waals surface area (Å²) in [6.45, 7) is 6.45. The summed E-state index contributed by atoms with van der Waals surface area (Å²) in [5.41, 5.74) is 0. The topological polar surface area (TPSA) is 42.7 Å². The second-order valence-electron chi connectivity index (χ2n) is 6.10. The monoisotopic (exact) mass is 262 g/mol. The average molecular weight is 262 g/mol. The van der Waals surface area contributed by atoms with Gasteiger partial charge in [-0.25, -0.2) is 4.98 Å². The number of nitrogens with one attached hydrogen (secondary N) is 1. The molecule has 2 aliphatic rings. The molecule has 1 N–H and O–H groups in total. The fourth-order valence-corrected chi connectivity index (χ4v) is 4.12. The summed E-state index contributed by atoms with van der Waals surface area (Å²) in [5, 5.41) is 8.05. The third kappa shape index (κ3) is 2.55. The van der Waals surface area contributed by atoms with Crippen molar-refractivity contribution in [3.8, 4) is 0 Å². The molecule has 1 aromatic rings. The van der Waals surface area contributed by atoms with E-state index in [-0.39, 0.29) is 0 Å². The van der Waals surface area contributed by atoms with E-state index in [1.54, 1.807) is 6.33 Å². The van der Waals surface area contributed by atoms with Crippen molar-refractivity contribution in [1.29, 1.82) is 0 Å². The third-order valence-corrected chi connectivity index (χ3v) is 4.94. The largest absolute Gasteiger partial charge is 0.314 e. The van der Waals surface area contributed by atoms with Crippen LogP contribution in [0.1, 0.15) is 45.4 Å². The van der Waals surface area contributed by atoms with Crippen LogP contribution in [-0.2, 0) is 13.0 Å². The molecule has 3 atom stereocenters. The number of likely N-dealkylation sites (N-methyl/N-ethyl adjacent to an activating group) is 1. The van der Waals surface area contributed by atoms with Gasteiger partial charge in [0.15, 0.2) is 0 Å². The Bertz CT molecular complexity index is 404. The van der Waals surface area contributed by atoms with Crippen molar-refractivity contribution in [3.05, 3.63) is 12.2 Å². The van der Waals surface area contributed by atoms with Gasteiger partial charge >= 0.3 is 0 Å². The zero-order valence-corrected chi connectivity index (χ0v) is 12.2. The Hall–Kier alpha value is -0.900. The average Bonchev–Trinajstić information content (AvgIpc) is 2.80. The lowest BCUT2D eigenvalue weighted by molar-refractivity contribution is 0.396. The van der Waals surface area contributed by atoms with Crippen LogP contribution in [0.2, 0.25) is 0 Å². The maximum atomic E-state index is 4.47. The van der Waals surface area contributed by atoms with Crippen LogP contribution in [0.4, 0.5) is 0 Å². The molecule has 19 heavy (non-hydrogen) atoms. The zero-order valence-electron chi connectivity index (χ0n) is 12.2. The number of nitrogens with zero attached hydrogens (tertiary/aromatic N) is 3. The number of rotatable bonds is 7. The quantitative estimate of drug-likeness (QED) is 0.819. The van der Waals surface area contributed by atoms with Gasteiger partial charge in [0.2, 0.25) is 0 Å². The molecule has 1 heterocycles. The number of fused-ring (bicyclic) bond motifs is 1. The summed E-state index contributed by atoms with van der Waals surface area (Å²) in [7, 11) is 0. The Kier molecular flexibility index (Phi) is 3.87. The van der Waals surface area contributed by atoms with Gasteiger partial charge < -0.3 is 5.32 Å². The number of aryl methyl sites for hydroxylation is 1. The number of hydrogen-bond donors (Lipinski definition) is 1. The van der Waals surface area contributed by atoms with Gasteiger partial charge in [0.05, 0.1) is 0 Å². The Balaban J connectivity index is 1.66. The van der Waals surface area contributed by atoms with E-state index in [9.17, 15) is 0 Å². The van der Waals surface area contributed by atoms with E-state index in [1.165, 1.54) is 19.3 Å². The smallest absolute Gasteiger partial charge is 0.138 e. The van der Waals surface area contributed by atoms with E-state index in [1.807, 2.05) is 0 Å². The van der Waals surface area contributed by atoms with Crippen LogP contribution in [-0.4, -0.2) is 27.4 Å². The molecule has 2 saturated carbocycles. The van der Waals surface area contributed by atoms with Crippen molar-refractivity contribution < 1.29 is 0 Å². The van der Waals surface area contributed by atoms with Gasteiger partial charge in [-0.2, -0.15) is 5.10 Å². The van der Waals surface area contributed by atoms with Crippen molar-refractivity contribution in [3.63, 3.8) is 0 Å². The number of aromatic nitrogens is 3. The first-order chi connectivity index (χ1) is 9.35. The Morgan fingerprint density at radius 1 is 1.37 bits per heavy atom. The normalized spacial score (nSPS) is 30.3. The molecule has 4 nitrogen and oxygen atoms in total. The van der Waals surface area contributed by atoms with E-state index in [2.05, 4.69) is 33.9 Å². The Morgan fingerprint density at radius 3 is 2.84 bits per heavy atom. The second-order valence-corrected chi connectivity index (χ2v) is 6.10. The van der Waals surface area contributed by atoms with E-state index in [4.69, 9.17) is 0 Å². The van der Waals surface area contributed by atoms with Crippen LogP contribution in [0.5, 0.6) is 0 Å². The van der Waals surface area contributed by atoms with Crippen LogP contribution < -0.4 is 5.32 Å². The molecule has 0 spiro atoms. The molecule has 3 rings (SSSR count). The molecule has 106 valence electrons. The lowest BCUT2D eigenvalue weighted by atomic mass is 10.0. The van der Waals surface area contributed by atoms with E-state index in [0.717, 1.165) is 49.5 Å². The van der Waals surface area contributed by atoms with Crippen molar-refractivity contribution in [2.24, 2.45) is 17.8 Å². The summed E-state index contributed by atoms with van der Waals surface area (Å²) in [6.07, 6.45) is 8.25. The van der Waals surface area contributed by atoms with Crippen molar-refractivity contribution in [2.45, 2.75) is 58.5 Å². The van der Waals surface area contributed by atoms with Crippen LogP contribution >= 0.6 is 0 Å². The minimum absolute atomic E-state index is 0.611. The first kappa shape index (κ1) is 13.1. The molecule has 0 aliphatic heterocycles. The lowest BCUT2D eigenvalue weighted by Gasteiger charge is -2.19. The van der Waals surface area contributed by atoms with Crippen LogP contribution in [0, 0.1) is 17.8 Å². The maximum absolute atomic E-state index is 4.47. The zero-order chi connectivity index (χ0) is 13.2. The molecule has 0 saturated heterocycles. The lowest BCUT2D eigenvalue weighted by Crippen LogP contribution is -2.35. The predicted octanol–water partition coefficient (Wildman–Crippen LogP) is 2.25. The number of hydrogen-bond acceptors (Lipinski definition) is 3. The molecule has 0 amide bonds. The third-order valence-electron chi connectivity index (χ3n) is 4.94. The van der Waals surface area contributed by atoms with Gasteiger partial charge in [-0.05, 0) is 43.6 Å². The fraction of sp³-hybridized carbons (Fsp3) is 0.867. The van der Waals surface area contributed by atoms with Gasteiger partial charge in [-0.1, -0.05) is 20.3 Å². The predicted molar refractivity (Wildman–Crippen MR) is 75.8 cm³/mol.